The lowest BCUT2D eigenvalue weighted by Crippen LogP contribution is -2.31. The molecule has 1 heterocycles. The number of ether oxygens (including phenoxy) is 1. The molecule has 122 valence electrons. The lowest BCUT2D eigenvalue weighted by molar-refractivity contribution is 0.0642. The molecule has 0 radical (unpaired) electrons. The number of nitrogens with one attached hydrogen (secondary N) is 2. The molecule has 1 aromatic rings. The normalized spacial score (nSPS) is 16.3. The average molecular weight is 304 g/mol. The summed E-state index contributed by atoms with van der Waals surface area (Å²) in [6.45, 7) is 8.97. The first-order valence-electron chi connectivity index (χ1n) is 8.18. The van der Waals surface area contributed by atoms with Crippen LogP contribution < -0.4 is 10.6 Å². The number of carbonyl (C=O) groups is 1. The van der Waals surface area contributed by atoms with E-state index < -0.39 is 0 Å². The molecule has 1 aliphatic heterocycles. The molecule has 0 saturated carbocycles. The molecule has 1 aliphatic rings. The number of urea groups is 1. The third-order valence-electron chi connectivity index (χ3n) is 4.19. The van der Waals surface area contributed by atoms with E-state index in [1.54, 1.807) is 0 Å². The van der Waals surface area contributed by atoms with Gasteiger partial charge in [-0.3, -0.25) is 0 Å². The maximum atomic E-state index is 11.9. The molecule has 2 amide bonds. The van der Waals surface area contributed by atoms with Gasteiger partial charge >= 0.3 is 6.03 Å². The van der Waals surface area contributed by atoms with Crippen molar-refractivity contribution in [2.45, 2.75) is 45.4 Å². The monoisotopic (exact) mass is 304 g/mol. The highest BCUT2D eigenvalue weighted by Gasteiger charge is 2.14. The van der Waals surface area contributed by atoms with Gasteiger partial charge in [0.15, 0.2) is 0 Å². The number of rotatable bonds is 4. The summed E-state index contributed by atoms with van der Waals surface area (Å²) in [5.74, 6) is 0.681. The van der Waals surface area contributed by atoms with E-state index in [-0.39, 0.29) is 11.4 Å². The van der Waals surface area contributed by atoms with Gasteiger partial charge < -0.3 is 15.4 Å². The number of carbonyl (C=O) groups excluding carboxylic acids is 1. The molecule has 0 unspecified atom stereocenters. The van der Waals surface area contributed by atoms with Crippen molar-refractivity contribution >= 4 is 11.7 Å². The van der Waals surface area contributed by atoms with Gasteiger partial charge in [0, 0.05) is 25.4 Å². The molecule has 2 rings (SSSR count). The minimum Gasteiger partial charge on any atom is -0.381 e. The maximum Gasteiger partial charge on any atom is 0.319 e. The molecule has 1 aromatic carbocycles. The second-order valence-corrected chi connectivity index (χ2v) is 7.05. The standard InChI is InChI=1S/C18H28N2O2/c1-18(2,3)15-4-6-16(7-5-15)20-17(21)19-11-8-14-9-12-22-13-10-14/h4-7,14H,8-13H2,1-3H3,(H2,19,20,21). The smallest absolute Gasteiger partial charge is 0.319 e. The van der Waals surface area contributed by atoms with E-state index in [9.17, 15) is 4.79 Å². The molecule has 1 fully saturated rings. The van der Waals surface area contributed by atoms with Crippen molar-refractivity contribution in [2.75, 3.05) is 25.1 Å². The summed E-state index contributed by atoms with van der Waals surface area (Å²) in [5, 5.41) is 5.82. The van der Waals surface area contributed by atoms with Crippen LogP contribution in [0.2, 0.25) is 0 Å². The van der Waals surface area contributed by atoms with Gasteiger partial charge in [0.1, 0.15) is 0 Å². The van der Waals surface area contributed by atoms with E-state index in [0.717, 1.165) is 44.7 Å². The zero-order valence-corrected chi connectivity index (χ0v) is 13.9. The molecule has 4 nitrogen and oxygen atoms in total. The summed E-state index contributed by atoms with van der Waals surface area (Å²) in [5.41, 5.74) is 2.22. The van der Waals surface area contributed by atoms with Crippen LogP contribution in [0, 0.1) is 5.92 Å². The van der Waals surface area contributed by atoms with Crippen LogP contribution in [0.5, 0.6) is 0 Å². The fraction of sp³-hybridized carbons (Fsp3) is 0.611. The first kappa shape index (κ1) is 16.8. The van der Waals surface area contributed by atoms with Crippen LogP contribution in [0.1, 0.15) is 45.6 Å². The van der Waals surface area contributed by atoms with E-state index in [4.69, 9.17) is 4.74 Å². The Morgan fingerprint density at radius 2 is 1.82 bits per heavy atom. The molecule has 0 atom stereocenters. The SMILES string of the molecule is CC(C)(C)c1ccc(NC(=O)NCCC2CCOCC2)cc1. The number of anilines is 1. The predicted molar refractivity (Wildman–Crippen MR) is 90.3 cm³/mol. The zero-order valence-electron chi connectivity index (χ0n) is 13.9. The minimum absolute atomic E-state index is 0.129. The van der Waals surface area contributed by atoms with Gasteiger partial charge in [-0.2, -0.15) is 0 Å². The summed E-state index contributed by atoms with van der Waals surface area (Å²) in [6, 6.07) is 7.92. The molecule has 0 spiro atoms. The van der Waals surface area contributed by atoms with Crippen molar-refractivity contribution in [1.82, 2.24) is 5.32 Å². The number of hydrogen-bond acceptors (Lipinski definition) is 2. The quantitative estimate of drug-likeness (QED) is 0.885. The first-order valence-corrected chi connectivity index (χ1v) is 8.18. The van der Waals surface area contributed by atoms with Gasteiger partial charge in [0.25, 0.3) is 0 Å². The Hall–Kier alpha value is -1.55. The van der Waals surface area contributed by atoms with Crippen LogP contribution in [0.25, 0.3) is 0 Å². The van der Waals surface area contributed by atoms with Crippen LogP contribution in [0.4, 0.5) is 10.5 Å². The zero-order chi connectivity index (χ0) is 16.0. The summed E-state index contributed by atoms with van der Waals surface area (Å²) >= 11 is 0. The van der Waals surface area contributed by atoms with E-state index in [0.29, 0.717) is 5.92 Å². The Labute approximate surface area is 133 Å². The van der Waals surface area contributed by atoms with Crippen molar-refractivity contribution in [3.8, 4) is 0 Å². The topological polar surface area (TPSA) is 50.4 Å². The van der Waals surface area contributed by atoms with Crippen LogP contribution >= 0.6 is 0 Å². The Bertz CT molecular complexity index is 471. The molecular weight excluding hydrogens is 276 g/mol. The molecule has 0 aromatic heterocycles. The molecule has 0 aliphatic carbocycles. The predicted octanol–water partition coefficient (Wildman–Crippen LogP) is 3.92. The van der Waals surface area contributed by atoms with E-state index in [1.807, 2.05) is 12.1 Å². The lowest BCUT2D eigenvalue weighted by atomic mass is 9.87. The highest BCUT2D eigenvalue weighted by molar-refractivity contribution is 5.89. The van der Waals surface area contributed by atoms with Crippen molar-refractivity contribution < 1.29 is 9.53 Å². The number of benzene rings is 1. The van der Waals surface area contributed by atoms with Crippen LogP contribution in [-0.4, -0.2) is 25.8 Å². The summed E-state index contributed by atoms with van der Waals surface area (Å²) in [6.07, 6.45) is 3.24. The van der Waals surface area contributed by atoms with Gasteiger partial charge in [0.05, 0.1) is 0 Å². The maximum absolute atomic E-state index is 11.9. The van der Waals surface area contributed by atoms with Crippen LogP contribution in [0.3, 0.4) is 0 Å². The number of amides is 2. The Morgan fingerprint density at radius 3 is 2.41 bits per heavy atom. The summed E-state index contributed by atoms with van der Waals surface area (Å²) in [4.78, 5) is 11.9. The van der Waals surface area contributed by atoms with Crippen molar-refractivity contribution in [1.29, 1.82) is 0 Å². The third kappa shape index (κ3) is 5.34. The molecule has 0 bridgehead atoms. The van der Waals surface area contributed by atoms with Gasteiger partial charge in [-0.05, 0) is 48.3 Å². The third-order valence-corrected chi connectivity index (χ3v) is 4.19. The summed E-state index contributed by atoms with van der Waals surface area (Å²) < 4.78 is 5.34. The van der Waals surface area contributed by atoms with E-state index >= 15 is 0 Å². The number of hydrogen-bond donors (Lipinski definition) is 2. The fourth-order valence-electron chi connectivity index (χ4n) is 2.65. The fourth-order valence-corrected chi connectivity index (χ4v) is 2.65. The Balaban J connectivity index is 1.72. The Kier molecular flexibility index (Phi) is 5.83. The molecule has 2 N–H and O–H groups in total. The van der Waals surface area contributed by atoms with E-state index in [1.165, 1.54) is 5.56 Å². The van der Waals surface area contributed by atoms with Crippen LogP contribution in [0.15, 0.2) is 24.3 Å². The van der Waals surface area contributed by atoms with E-state index in [2.05, 4.69) is 43.5 Å². The Morgan fingerprint density at radius 1 is 1.18 bits per heavy atom. The van der Waals surface area contributed by atoms with Crippen molar-refractivity contribution in [3.05, 3.63) is 29.8 Å². The first-order chi connectivity index (χ1) is 10.4. The van der Waals surface area contributed by atoms with Crippen molar-refractivity contribution in [2.24, 2.45) is 5.92 Å². The lowest BCUT2D eigenvalue weighted by Gasteiger charge is -2.22. The van der Waals surface area contributed by atoms with Gasteiger partial charge in [-0.15, -0.1) is 0 Å². The van der Waals surface area contributed by atoms with Gasteiger partial charge in [0.2, 0.25) is 0 Å². The molecule has 1 saturated heterocycles. The minimum atomic E-state index is -0.129. The highest BCUT2D eigenvalue weighted by atomic mass is 16.5. The second-order valence-electron chi connectivity index (χ2n) is 7.05. The second kappa shape index (κ2) is 7.63. The molecule has 4 heteroatoms. The molecular formula is C18H28N2O2. The van der Waals surface area contributed by atoms with Gasteiger partial charge in [-0.25, -0.2) is 4.79 Å². The largest absolute Gasteiger partial charge is 0.381 e. The van der Waals surface area contributed by atoms with Crippen LogP contribution in [-0.2, 0) is 10.2 Å². The summed E-state index contributed by atoms with van der Waals surface area (Å²) in [7, 11) is 0. The molecule has 22 heavy (non-hydrogen) atoms. The average Bonchev–Trinajstić information content (AvgIpc) is 2.48. The highest BCUT2D eigenvalue weighted by Crippen LogP contribution is 2.23. The van der Waals surface area contributed by atoms with Gasteiger partial charge in [-0.1, -0.05) is 32.9 Å². The van der Waals surface area contributed by atoms with Crippen molar-refractivity contribution in [3.63, 3.8) is 0 Å².